The third kappa shape index (κ3) is 6.41. The Morgan fingerprint density at radius 3 is 2.71 bits per heavy atom. The topological polar surface area (TPSA) is 35.9 Å². The Labute approximate surface area is 198 Å². The number of unbranched alkanes of at least 4 members (excludes halogenated alkanes) is 1. The molecule has 1 heterocycles. The van der Waals surface area contributed by atoms with Gasteiger partial charge in [0.15, 0.2) is 0 Å². The van der Waals surface area contributed by atoms with E-state index in [0.717, 1.165) is 54.0 Å². The zero-order valence-electron chi connectivity index (χ0n) is 16.4. The van der Waals surface area contributed by atoms with Crippen molar-refractivity contribution in [1.82, 2.24) is 5.01 Å². The monoisotopic (exact) mass is 472 g/mol. The summed E-state index contributed by atoms with van der Waals surface area (Å²) in [4.78, 5) is 0.894. The normalized spacial score (nSPS) is 15.5. The maximum atomic E-state index is 10.3. The van der Waals surface area contributed by atoms with Crippen LogP contribution >= 0.6 is 12.2 Å². The number of anilines is 1. The van der Waals surface area contributed by atoms with Crippen molar-refractivity contribution in [2.45, 2.75) is 45.3 Å². The molecule has 2 aromatic rings. The van der Waals surface area contributed by atoms with Crippen LogP contribution in [0.5, 0.6) is 0 Å². The largest absolute Gasteiger partial charge is 0.388 e. The summed E-state index contributed by atoms with van der Waals surface area (Å²) >= 11 is 5.56. The minimum atomic E-state index is -0.397. The van der Waals surface area contributed by atoms with Crippen molar-refractivity contribution in [2.75, 3.05) is 18.3 Å². The second-order valence-electron chi connectivity index (χ2n) is 6.82. The molecule has 1 radical (unpaired) electrons. The molecule has 147 valence electrons. The molecule has 1 unspecified atom stereocenters. The molecular weight excluding hydrogens is 445 g/mol. The average molecular weight is 472 g/mol. The third-order valence-electron chi connectivity index (χ3n) is 4.74. The van der Waals surface area contributed by atoms with Crippen molar-refractivity contribution in [1.29, 1.82) is 0 Å². The number of ether oxygens (including phenoxy) is 1. The zero-order chi connectivity index (χ0) is 19.1. The number of hydrogen-bond donors (Lipinski definition) is 1. The summed E-state index contributed by atoms with van der Waals surface area (Å²) in [5.74, 6) is 0. The van der Waals surface area contributed by atoms with E-state index in [4.69, 9.17) is 17.0 Å². The van der Waals surface area contributed by atoms with E-state index in [-0.39, 0.29) is 32.7 Å². The number of thiocarbonyl (C=S) groups is 1. The van der Waals surface area contributed by atoms with Crippen LogP contribution in [0.4, 0.5) is 5.69 Å². The minimum absolute atomic E-state index is 0. The van der Waals surface area contributed by atoms with E-state index >= 15 is 0 Å². The van der Waals surface area contributed by atoms with E-state index in [2.05, 4.69) is 23.0 Å². The van der Waals surface area contributed by atoms with Crippen molar-refractivity contribution < 1.29 is 42.6 Å². The van der Waals surface area contributed by atoms with Crippen LogP contribution in [0.2, 0.25) is 0 Å². The van der Waals surface area contributed by atoms with Gasteiger partial charge in [0.25, 0.3) is 0 Å². The predicted molar refractivity (Wildman–Crippen MR) is 112 cm³/mol. The van der Waals surface area contributed by atoms with Crippen molar-refractivity contribution in [3.63, 3.8) is 0 Å². The van der Waals surface area contributed by atoms with Gasteiger partial charge >= 0.3 is 0 Å². The first-order valence-electron chi connectivity index (χ1n) is 9.57. The van der Waals surface area contributed by atoms with E-state index in [1.54, 1.807) is 0 Å². The van der Waals surface area contributed by atoms with Crippen LogP contribution in [0, 0.1) is 6.07 Å². The summed E-state index contributed by atoms with van der Waals surface area (Å²) in [6, 6.07) is 18.9. The minimum Gasteiger partial charge on any atom is -0.388 e. The van der Waals surface area contributed by atoms with Gasteiger partial charge in [-0.25, -0.2) is 0 Å². The summed E-state index contributed by atoms with van der Waals surface area (Å²) in [6.45, 7) is 4.02. The smallest absolute Gasteiger partial charge is 0.116 e. The van der Waals surface area contributed by atoms with Crippen LogP contribution in [0.15, 0.2) is 48.5 Å². The summed E-state index contributed by atoms with van der Waals surface area (Å²) in [7, 11) is 0. The van der Waals surface area contributed by atoms with Crippen LogP contribution in [0.1, 0.15) is 49.8 Å². The molecule has 1 aliphatic heterocycles. The maximum absolute atomic E-state index is 10.3. The van der Waals surface area contributed by atoms with Crippen LogP contribution in [-0.2, 0) is 44.1 Å². The molecule has 6 heteroatoms. The molecule has 1 fully saturated rings. The summed E-state index contributed by atoms with van der Waals surface area (Å²) in [5.41, 5.74) is 3.08. The van der Waals surface area contributed by atoms with Gasteiger partial charge in [-0.1, -0.05) is 44.1 Å². The van der Waals surface area contributed by atoms with Crippen molar-refractivity contribution >= 4 is 22.9 Å². The van der Waals surface area contributed by atoms with Gasteiger partial charge in [0, 0.05) is 52.3 Å². The third-order valence-corrected chi connectivity index (χ3v) is 5.11. The van der Waals surface area contributed by atoms with Crippen molar-refractivity contribution in [3.05, 3.63) is 65.7 Å². The fourth-order valence-electron chi connectivity index (χ4n) is 3.21. The van der Waals surface area contributed by atoms with Crippen LogP contribution in [0.3, 0.4) is 0 Å². The zero-order valence-corrected chi connectivity index (χ0v) is 20.0. The standard InChI is InChI=1S/C22H27N2O2S.Y/c1-2-3-9-21(25)19-10-12-20(13-11-19)24-22(27)14-15-23(24)17-26-16-18-7-5-4-6-8-18;/h4-5,7-8,10-13,21,25H,2-3,9,14-17H2,1H3;/q-1;. The quantitative estimate of drug-likeness (QED) is 0.425. The number of benzene rings is 2. The molecule has 0 bridgehead atoms. The van der Waals surface area contributed by atoms with Gasteiger partial charge in [-0.05, 0) is 24.1 Å². The second kappa shape index (κ2) is 12.1. The predicted octanol–water partition coefficient (Wildman–Crippen LogP) is 4.64. The van der Waals surface area contributed by atoms with Gasteiger partial charge in [0.1, 0.15) is 6.73 Å². The van der Waals surface area contributed by atoms with Gasteiger partial charge in [-0.15, -0.1) is 5.56 Å². The SMILES string of the molecule is CCCCC(O)c1ccc(N2C(=S)CCN2COCc2c[c-]ccc2)cc1.[Y]. The van der Waals surface area contributed by atoms with Crippen LogP contribution in [0.25, 0.3) is 0 Å². The van der Waals surface area contributed by atoms with Gasteiger partial charge in [-0.2, -0.15) is 35.3 Å². The fraction of sp³-hybridized carbons (Fsp3) is 0.409. The molecule has 0 saturated carbocycles. The molecule has 3 rings (SSSR count). The number of aliphatic hydroxyl groups is 1. The molecule has 1 atom stereocenters. The Kier molecular flexibility index (Phi) is 10.2. The van der Waals surface area contributed by atoms with E-state index in [0.29, 0.717) is 13.3 Å². The van der Waals surface area contributed by atoms with Gasteiger partial charge < -0.3 is 9.84 Å². The number of rotatable bonds is 9. The Morgan fingerprint density at radius 1 is 1.25 bits per heavy atom. The summed E-state index contributed by atoms with van der Waals surface area (Å²) in [6.07, 6.45) is 3.37. The Bertz CT molecular complexity index is 727. The number of hydrazine groups is 1. The molecule has 1 saturated heterocycles. The van der Waals surface area contributed by atoms with E-state index < -0.39 is 6.10 Å². The Morgan fingerprint density at radius 2 is 2.04 bits per heavy atom. The molecule has 0 aromatic heterocycles. The number of aliphatic hydroxyl groups excluding tert-OH is 1. The summed E-state index contributed by atoms with van der Waals surface area (Å²) in [5, 5.41) is 14.4. The molecule has 28 heavy (non-hydrogen) atoms. The van der Waals surface area contributed by atoms with Gasteiger partial charge in [-0.3, -0.25) is 5.01 Å². The molecule has 2 aromatic carbocycles. The molecular formula is C22H27N2O2SY-. The first-order chi connectivity index (χ1) is 13.2. The van der Waals surface area contributed by atoms with E-state index in [1.807, 2.05) is 48.5 Å². The molecule has 0 aliphatic carbocycles. The van der Waals surface area contributed by atoms with Gasteiger partial charge in [0.05, 0.1) is 16.8 Å². The van der Waals surface area contributed by atoms with Crippen molar-refractivity contribution in [3.8, 4) is 0 Å². The van der Waals surface area contributed by atoms with Crippen molar-refractivity contribution in [2.24, 2.45) is 0 Å². The summed E-state index contributed by atoms with van der Waals surface area (Å²) < 4.78 is 5.87. The fourth-order valence-corrected chi connectivity index (χ4v) is 3.52. The molecule has 4 nitrogen and oxygen atoms in total. The first kappa shape index (κ1) is 23.6. The Balaban J connectivity index is 0.00000280. The van der Waals surface area contributed by atoms with Gasteiger partial charge in [0.2, 0.25) is 0 Å². The van der Waals surface area contributed by atoms with Crippen LogP contribution in [-0.4, -0.2) is 28.4 Å². The number of hydrogen-bond acceptors (Lipinski definition) is 4. The molecule has 1 N–H and O–H groups in total. The average Bonchev–Trinajstić information content (AvgIpc) is 3.07. The Hall–Kier alpha value is -0.686. The van der Waals surface area contributed by atoms with E-state index in [9.17, 15) is 5.11 Å². The van der Waals surface area contributed by atoms with Crippen LogP contribution < -0.4 is 5.01 Å². The second-order valence-corrected chi connectivity index (χ2v) is 7.30. The number of nitrogens with zero attached hydrogens (tertiary/aromatic N) is 2. The first-order valence-corrected chi connectivity index (χ1v) is 9.98. The maximum Gasteiger partial charge on any atom is 0.116 e. The molecule has 0 spiro atoms. The molecule has 1 aliphatic rings. The van der Waals surface area contributed by atoms with E-state index in [1.165, 1.54) is 0 Å². The molecule has 0 amide bonds.